The largest absolute Gasteiger partial charge is 0.385 e. The number of Topliss-reactive ketones (excluding diaryl/α,β-unsaturated/α-hetero) is 1. The smallest absolute Gasteiger partial charge is 0.170 e. The van der Waals surface area contributed by atoms with Crippen LogP contribution in [-0.2, 0) is 19.4 Å². The van der Waals surface area contributed by atoms with E-state index in [-0.39, 0.29) is 5.78 Å². The second-order valence-corrected chi connectivity index (χ2v) is 5.54. The second-order valence-electron chi connectivity index (χ2n) is 5.54. The summed E-state index contributed by atoms with van der Waals surface area (Å²) in [6.07, 6.45) is 7.32. The summed E-state index contributed by atoms with van der Waals surface area (Å²) in [5.41, 5.74) is 3.22. The maximum absolute atomic E-state index is 12.5. The van der Waals surface area contributed by atoms with Crippen LogP contribution < -0.4 is 5.32 Å². The molecule has 0 saturated heterocycles. The average molecular weight is 283 g/mol. The van der Waals surface area contributed by atoms with Gasteiger partial charge in [0.1, 0.15) is 5.82 Å². The van der Waals surface area contributed by atoms with Crippen molar-refractivity contribution in [3.05, 3.63) is 47.5 Å². The molecule has 0 atom stereocenters. The van der Waals surface area contributed by atoms with Crippen LogP contribution in [0.1, 0.15) is 41.5 Å². The summed E-state index contributed by atoms with van der Waals surface area (Å²) in [4.78, 5) is 16.8. The fourth-order valence-corrected chi connectivity index (χ4v) is 2.85. The zero-order valence-corrected chi connectivity index (χ0v) is 12.4. The first-order chi connectivity index (χ1) is 10.3. The molecule has 0 bridgehead atoms. The zero-order valence-electron chi connectivity index (χ0n) is 12.4. The predicted octanol–water partition coefficient (Wildman–Crippen LogP) is 3.08. The summed E-state index contributed by atoms with van der Waals surface area (Å²) >= 11 is 0. The Bertz CT molecular complexity index is 645. The van der Waals surface area contributed by atoms with Crippen LogP contribution in [-0.4, -0.2) is 21.9 Å². The molecule has 0 radical (unpaired) electrons. The quantitative estimate of drug-likeness (QED) is 0.858. The van der Waals surface area contributed by atoms with E-state index in [1.54, 1.807) is 6.20 Å². The van der Waals surface area contributed by atoms with Crippen molar-refractivity contribution >= 4 is 11.5 Å². The number of aromatic nitrogens is 2. The van der Waals surface area contributed by atoms with Gasteiger partial charge in [-0.25, -0.2) is 4.98 Å². The van der Waals surface area contributed by atoms with Gasteiger partial charge in [-0.1, -0.05) is 6.92 Å². The Morgan fingerprint density at radius 2 is 2.33 bits per heavy atom. The van der Waals surface area contributed by atoms with Gasteiger partial charge in [-0.15, -0.1) is 0 Å². The van der Waals surface area contributed by atoms with Gasteiger partial charge < -0.3 is 9.88 Å². The molecule has 2 aromatic rings. The number of nitrogens with zero attached hydrogens (tertiary/aromatic N) is 2. The maximum atomic E-state index is 12.5. The number of ketones is 1. The molecule has 21 heavy (non-hydrogen) atoms. The Kier molecular flexibility index (Phi) is 4.04. The molecule has 0 amide bonds. The molecular formula is C17H21N3O. The number of nitrogens with one attached hydrogen (secondary N) is 1. The van der Waals surface area contributed by atoms with E-state index in [9.17, 15) is 4.79 Å². The summed E-state index contributed by atoms with van der Waals surface area (Å²) in [5.74, 6) is 1.00. The number of anilines is 1. The highest BCUT2D eigenvalue weighted by Gasteiger charge is 2.14. The SMILES string of the molecule is CCCn1ccnc1CC(=O)c1ccc2c(c1)CCCN2. The van der Waals surface area contributed by atoms with Crippen molar-refractivity contribution in [3.8, 4) is 0 Å². The van der Waals surface area contributed by atoms with Crippen LogP contribution in [0.15, 0.2) is 30.6 Å². The van der Waals surface area contributed by atoms with Gasteiger partial charge in [0.2, 0.25) is 0 Å². The highest BCUT2D eigenvalue weighted by atomic mass is 16.1. The molecule has 0 aliphatic carbocycles. The Balaban J connectivity index is 1.77. The topological polar surface area (TPSA) is 46.9 Å². The fraction of sp³-hybridized carbons (Fsp3) is 0.412. The van der Waals surface area contributed by atoms with Gasteiger partial charge in [0.25, 0.3) is 0 Å². The summed E-state index contributed by atoms with van der Waals surface area (Å²) in [5, 5.41) is 3.37. The number of aryl methyl sites for hydroxylation is 2. The van der Waals surface area contributed by atoms with Crippen LogP contribution in [0.5, 0.6) is 0 Å². The molecular weight excluding hydrogens is 262 g/mol. The minimum atomic E-state index is 0.145. The van der Waals surface area contributed by atoms with Crippen LogP contribution in [0.25, 0.3) is 0 Å². The van der Waals surface area contributed by atoms with Crippen LogP contribution in [0.3, 0.4) is 0 Å². The number of imidazole rings is 1. The third kappa shape index (κ3) is 2.99. The second kappa shape index (κ2) is 6.12. The monoisotopic (exact) mass is 283 g/mol. The van der Waals surface area contributed by atoms with Crippen molar-refractivity contribution in [2.75, 3.05) is 11.9 Å². The molecule has 0 spiro atoms. The van der Waals surface area contributed by atoms with Crippen LogP contribution in [0.4, 0.5) is 5.69 Å². The van der Waals surface area contributed by atoms with E-state index in [2.05, 4.69) is 21.8 Å². The normalized spacial score (nSPS) is 13.6. The number of benzene rings is 1. The average Bonchev–Trinajstić information content (AvgIpc) is 2.94. The van der Waals surface area contributed by atoms with Crippen molar-refractivity contribution in [3.63, 3.8) is 0 Å². The van der Waals surface area contributed by atoms with E-state index in [4.69, 9.17) is 0 Å². The molecule has 0 saturated carbocycles. The van der Waals surface area contributed by atoms with Gasteiger partial charge in [-0.3, -0.25) is 4.79 Å². The maximum Gasteiger partial charge on any atom is 0.170 e. The Labute approximate surface area is 125 Å². The van der Waals surface area contributed by atoms with Crippen molar-refractivity contribution in [2.24, 2.45) is 0 Å². The lowest BCUT2D eigenvalue weighted by Gasteiger charge is -2.18. The Hall–Kier alpha value is -2.10. The van der Waals surface area contributed by atoms with Gasteiger partial charge in [0.05, 0.1) is 6.42 Å². The molecule has 4 nitrogen and oxygen atoms in total. The zero-order chi connectivity index (χ0) is 14.7. The van der Waals surface area contributed by atoms with Crippen molar-refractivity contribution in [1.82, 2.24) is 9.55 Å². The van der Waals surface area contributed by atoms with Crippen LogP contribution >= 0.6 is 0 Å². The van der Waals surface area contributed by atoms with E-state index in [1.165, 1.54) is 11.3 Å². The van der Waals surface area contributed by atoms with Crippen molar-refractivity contribution < 1.29 is 4.79 Å². The van der Waals surface area contributed by atoms with E-state index in [0.717, 1.165) is 43.7 Å². The van der Waals surface area contributed by atoms with E-state index >= 15 is 0 Å². The van der Waals surface area contributed by atoms with Gasteiger partial charge in [-0.2, -0.15) is 0 Å². The molecule has 2 heterocycles. The lowest BCUT2D eigenvalue weighted by molar-refractivity contribution is 0.0989. The minimum Gasteiger partial charge on any atom is -0.385 e. The Morgan fingerprint density at radius 1 is 1.43 bits per heavy atom. The number of hydrogen-bond acceptors (Lipinski definition) is 3. The molecule has 0 unspecified atom stereocenters. The molecule has 1 aromatic heterocycles. The summed E-state index contributed by atoms with van der Waals surface area (Å²) < 4.78 is 2.07. The number of fused-ring (bicyclic) bond motifs is 1. The minimum absolute atomic E-state index is 0.145. The predicted molar refractivity (Wildman–Crippen MR) is 83.8 cm³/mol. The first-order valence-electron chi connectivity index (χ1n) is 7.68. The van der Waals surface area contributed by atoms with E-state index in [0.29, 0.717) is 6.42 Å². The third-order valence-corrected chi connectivity index (χ3v) is 3.95. The Morgan fingerprint density at radius 3 is 3.19 bits per heavy atom. The number of hydrogen-bond donors (Lipinski definition) is 1. The highest BCUT2D eigenvalue weighted by molar-refractivity contribution is 5.97. The van der Waals surface area contributed by atoms with Crippen molar-refractivity contribution in [1.29, 1.82) is 0 Å². The van der Waals surface area contributed by atoms with Gasteiger partial charge in [0, 0.05) is 36.7 Å². The lowest BCUT2D eigenvalue weighted by atomic mass is 9.98. The molecule has 0 fully saturated rings. The molecule has 1 aliphatic rings. The number of rotatable bonds is 5. The molecule has 4 heteroatoms. The van der Waals surface area contributed by atoms with E-state index < -0.39 is 0 Å². The summed E-state index contributed by atoms with van der Waals surface area (Å²) in [6, 6.07) is 5.99. The molecule has 3 rings (SSSR count). The first-order valence-corrected chi connectivity index (χ1v) is 7.68. The van der Waals surface area contributed by atoms with E-state index in [1.807, 2.05) is 24.4 Å². The van der Waals surface area contributed by atoms with Crippen molar-refractivity contribution in [2.45, 2.75) is 39.2 Å². The molecule has 1 aliphatic heterocycles. The number of carbonyl (C=O) groups excluding carboxylic acids is 1. The third-order valence-electron chi connectivity index (χ3n) is 3.95. The molecule has 1 aromatic carbocycles. The molecule has 1 N–H and O–H groups in total. The fourth-order valence-electron chi connectivity index (χ4n) is 2.85. The summed E-state index contributed by atoms with van der Waals surface area (Å²) in [6.45, 7) is 4.06. The molecule has 110 valence electrons. The highest BCUT2D eigenvalue weighted by Crippen LogP contribution is 2.23. The van der Waals surface area contributed by atoms with Crippen LogP contribution in [0.2, 0.25) is 0 Å². The van der Waals surface area contributed by atoms with Gasteiger partial charge >= 0.3 is 0 Å². The first kappa shape index (κ1) is 13.9. The van der Waals surface area contributed by atoms with Crippen LogP contribution in [0, 0.1) is 0 Å². The standard InChI is InChI=1S/C17H21N3O/c1-2-9-20-10-8-19-17(20)12-16(21)14-5-6-15-13(11-14)4-3-7-18-15/h5-6,8,10-11,18H,2-4,7,9,12H2,1H3. The summed E-state index contributed by atoms with van der Waals surface area (Å²) in [7, 11) is 0. The van der Waals surface area contributed by atoms with Gasteiger partial charge in [0.15, 0.2) is 5.78 Å². The van der Waals surface area contributed by atoms with Gasteiger partial charge in [-0.05, 0) is 43.0 Å². The lowest BCUT2D eigenvalue weighted by Crippen LogP contribution is -2.14. The number of carbonyl (C=O) groups is 1.